The van der Waals surface area contributed by atoms with E-state index in [4.69, 9.17) is 4.98 Å². The molecule has 2 N–H and O–H groups in total. The largest absolute Gasteiger partial charge is 0.364 e. The fraction of sp³-hybridized carbons (Fsp3) is 0.0455. The predicted molar refractivity (Wildman–Crippen MR) is 103 cm³/mol. The molecule has 0 saturated heterocycles. The second-order valence-corrected chi connectivity index (χ2v) is 5.88. The van der Waals surface area contributed by atoms with Gasteiger partial charge in [-0.05, 0) is 5.56 Å². The maximum absolute atomic E-state index is 4.81. The number of hydrogen-bond acceptors (Lipinski definition) is 2. The lowest BCUT2D eigenvalue weighted by Gasteiger charge is -2.06. The van der Waals surface area contributed by atoms with E-state index in [0.29, 0.717) is 0 Å². The topological polar surface area (TPSA) is 40.7 Å². The van der Waals surface area contributed by atoms with E-state index in [1.54, 1.807) is 0 Å². The lowest BCUT2D eigenvalue weighted by atomic mass is 10.1. The van der Waals surface area contributed by atoms with Gasteiger partial charge in [-0.25, -0.2) is 4.98 Å². The Hall–Kier alpha value is -3.33. The molecule has 3 aromatic carbocycles. The zero-order valence-electron chi connectivity index (χ0n) is 13.8. The third kappa shape index (κ3) is 3.45. The maximum atomic E-state index is 4.81. The van der Waals surface area contributed by atoms with E-state index in [0.717, 1.165) is 35.0 Å². The van der Waals surface area contributed by atoms with Crippen LogP contribution in [-0.2, 0) is 6.54 Å². The van der Waals surface area contributed by atoms with Crippen molar-refractivity contribution in [3.63, 3.8) is 0 Å². The standard InChI is InChI=1S/C22H19N3/c1-4-10-17(11-5-1)16-23-22-20(18-12-6-2-7-13-18)24-21(25-22)19-14-8-3-9-15-19/h1-15,23H,16H2,(H,24,25). The lowest BCUT2D eigenvalue weighted by Crippen LogP contribution is -2.00. The summed E-state index contributed by atoms with van der Waals surface area (Å²) in [7, 11) is 0. The van der Waals surface area contributed by atoms with Gasteiger partial charge in [0.25, 0.3) is 0 Å². The molecule has 1 heterocycles. The van der Waals surface area contributed by atoms with Gasteiger partial charge in [0.05, 0.1) is 5.69 Å². The van der Waals surface area contributed by atoms with E-state index in [1.807, 2.05) is 42.5 Å². The zero-order chi connectivity index (χ0) is 16.9. The molecule has 0 amide bonds. The molecule has 0 atom stereocenters. The first-order valence-corrected chi connectivity index (χ1v) is 8.39. The summed E-state index contributed by atoms with van der Waals surface area (Å²) in [5.41, 5.74) is 4.43. The van der Waals surface area contributed by atoms with Crippen LogP contribution in [0.3, 0.4) is 0 Å². The number of imidazole rings is 1. The molecule has 0 aliphatic heterocycles. The molecule has 0 saturated carbocycles. The van der Waals surface area contributed by atoms with E-state index in [2.05, 4.69) is 58.8 Å². The quantitative estimate of drug-likeness (QED) is 0.519. The molecule has 0 spiro atoms. The molecule has 3 nitrogen and oxygen atoms in total. The molecule has 25 heavy (non-hydrogen) atoms. The maximum Gasteiger partial charge on any atom is 0.153 e. The van der Waals surface area contributed by atoms with Crippen molar-refractivity contribution in [2.45, 2.75) is 6.54 Å². The summed E-state index contributed by atoms with van der Waals surface area (Å²) in [6, 6.07) is 30.8. The Morgan fingerprint density at radius 3 is 1.88 bits per heavy atom. The average molecular weight is 325 g/mol. The van der Waals surface area contributed by atoms with Crippen LogP contribution in [0.15, 0.2) is 91.0 Å². The minimum absolute atomic E-state index is 0.736. The van der Waals surface area contributed by atoms with E-state index >= 15 is 0 Å². The molecular formula is C22H19N3. The molecule has 3 heteroatoms. The summed E-state index contributed by atoms with van der Waals surface area (Å²) in [6.07, 6.45) is 0. The number of hydrogen-bond donors (Lipinski definition) is 2. The molecule has 0 radical (unpaired) electrons. The van der Waals surface area contributed by atoms with E-state index in [9.17, 15) is 0 Å². The number of benzene rings is 3. The smallest absolute Gasteiger partial charge is 0.153 e. The van der Waals surface area contributed by atoms with Gasteiger partial charge in [-0.3, -0.25) is 0 Å². The summed E-state index contributed by atoms with van der Waals surface area (Å²) < 4.78 is 0. The second kappa shape index (κ2) is 7.05. The molecule has 4 aromatic rings. The molecule has 1 aromatic heterocycles. The Balaban J connectivity index is 1.69. The second-order valence-electron chi connectivity index (χ2n) is 5.88. The van der Waals surface area contributed by atoms with Crippen molar-refractivity contribution in [1.82, 2.24) is 9.97 Å². The van der Waals surface area contributed by atoms with Crippen molar-refractivity contribution in [2.75, 3.05) is 5.32 Å². The molecule has 0 aliphatic carbocycles. The van der Waals surface area contributed by atoms with Crippen molar-refractivity contribution in [2.24, 2.45) is 0 Å². The average Bonchev–Trinajstić information content (AvgIpc) is 3.13. The highest BCUT2D eigenvalue weighted by molar-refractivity contribution is 5.76. The van der Waals surface area contributed by atoms with Gasteiger partial charge < -0.3 is 10.3 Å². The van der Waals surface area contributed by atoms with Gasteiger partial charge in [0.15, 0.2) is 5.82 Å². The molecule has 0 bridgehead atoms. The zero-order valence-corrected chi connectivity index (χ0v) is 13.8. The summed E-state index contributed by atoms with van der Waals surface area (Å²) >= 11 is 0. The Morgan fingerprint density at radius 1 is 0.680 bits per heavy atom. The van der Waals surface area contributed by atoms with Crippen molar-refractivity contribution < 1.29 is 0 Å². The predicted octanol–water partition coefficient (Wildman–Crippen LogP) is 5.36. The Morgan fingerprint density at radius 2 is 1.24 bits per heavy atom. The van der Waals surface area contributed by atoms with Gasteiger partial charge in [0.2, 0.25) is 0 Å². The summed E-state index contributed by atoms with van der Waals surface area (Å²) in [4.78, 5) is 8.28. The van der Waals surface area contributed by atoms with Gasteiger partial charge >= 0.3 is 0 Å². The molecule has 0 aliphatic rings. The molecule has 122 valence electrons. The van der Waals surface area contributed by atoms with Crippen LogP contribution in [0.1, 0.15) is 5.56 Å². The van der Waals surface area contributed by atoms with E-state index < -0.39 is 0 Å². The van der Waals surface area contributed by atoms with Crippen molar-refractivity contribution in [3.05, 3.63) is 96.6 Å². The SMILES string of the molecule is c1ccc(CNc2nc(-c3ccccc3)[nH]c2-c2ccccc2)cc1. The normalized spacial score (nSPS) is 10.6. The highest BCUT2D eigenvalue weighted by Crippen LogP contribution is 2.29. The highest BCUT2D eigenvalue weighted by Gasteiger charge is 2.13. The first-order chi connectivity index (χ1) is 12.4. The van der Waals surface area contributed by atoms with Crippen molar-refractivity contribution in [3.8, 4) is 22.6 Å². The Kier molecular flexibility index (Phi) is 4.29. The number of aromatic nitrogens is 2. The number of H-pyrrole nitrogens is 1. The van der Waals surface area contributed by atoms with Crippen LogP contribution in [0.2, 0.25) is 0 Å². The number of nitrogens with zero attached hydrogens (tertiary/aromatic N) is 1. The van der Waals surface area contributed by atoms with Crippen LogP contribution >= 0.6 is 0 Å². The Labute approximate surface area is 147 Å². The minimum atomic E-state index is 0.736. The van der Waals surface area contributed by atoms with Gasteiger partial charge in [0, 0.05) is 17.7 Å². The monoisotopic (exact) mass is 325 g/mol. The first-order valence-electron chi connectivity index (χ1n) is 8.39. The van der Waals surface area contributed by atoms with Crippen LogP contribution in [-0.4, -0.2) is 9.97 Å². The van der Waals surface area contributed by atoms with Crippen LogP contribution in [0.5, 0.6) is 0 Å². The fourth-order valence-electron chi connectivity index (χ4n) is 2.83. The number of aromatic amines is 1. The van der Waals surface area contributed by atoms with E-state index in [1.165, 1.54) is 5.56 Å². The van der Waals surface area contributed by atoms with Crippen molar-refractivity contribution >= 4 is 5.82 Å². The van der Waals surface area contributed by atoms with Gasteiger partial charge in [-0.2, -0.15) is 0 Å². The summed E-state index contributed by atoms with van der Waals surface area (Å²) in [6.45, 7) is 0.736. The first kappa shape index (κ1) is 15.2. The summed E-state index contributed by atoms with van der Waals surface area (Å²) in [5, 5.41) is 3.48. The van der Waals surface area contributed by atoms with Gasteiger partial charge in [0.1, 0.15) is 5.82 Å². The molecule has 4 rings (SSSR count). The van der Waals surface area contributed by atoms with Crippen LogP contribution in [0.4, 0.5) is 5.82 Å². The third-order valence-electron chi connectivity index (χ3n) is 4.12. The number of anilines is 1. The third-order valence-corrected chi connectivity index (χ3v) is 4.12. The number of nitrogens with one attached hydrogen (secondary N) is 2. The van der Waals surface area contributed by atoms with Crippen LogP contribution in [0.25, 0.3) is 22.6 Å². The lowest BCUT2D eigenvalue weighted by molar-refractivity contribution is 1.13. The highest BCUT2D eigenvalue weighted by atomic mass is 15.1. The van der Waals surface area contributed by atoms with Gasteiger partial charge in [-0.15, -0.1) is 0 Å². The molecular weight excluding hydrogens is 306 g/mol. The minimum Gasteiger partial charge on any atom is -0.364 e. The number of rotatable bonds is 5. The molecule has 0 fully saturated rings. The van der Waals surface area contributed by atoms with E-state index in [-0.39, 0.29) is 0 Å². The molecule has 0 unspecified atom stereocenters. The fourth-order valence-corrected chi connectivity index (χ4v) is 2.83. The van der Waals surface area contributed by atoms with Crippen molar-refractivity contribution in [1.29, 1.82) is 0 Å². The van der Waals surface area contributed by atoms with Gasteiger partial charge in [-0.1, -0.05) is 91.0 Å². The van der Waals surface area contributed by atoms with Crippen LogP contribution < -0.4 is 5.32 Å². The van der Waals surface area contributed by atoms with Crippen LogP contribution in [0, 0.1) is 0 Å². The Bertz CT molecular complexity index is 929. The summed E-state index contributed by atoms with van der Waals surface area (Å²) in [5.74, 6) is 1.74.